The summed E-state index contributed by atoms with van der Waals surface area (Å²) >= 11 is 0. The first-order valence-electron chi connectivity index (χ1n) is 4.67. The van der Waals surface area contributed by atoms with Gasteiger partial charge in [-0.25, -0.2) is 0 Å². The molecule has 1 fully saturated rings. The first kappa shape index (κ1) is 12.8. The smallest absolute Gasteiger partial charge is 0.368 e. The van der Waals surface area contributed by atoms with E-state index in [-0.39, 0.29) is 13.1 Å². The summed E-state index contributed by atoms with van der Waals surface area (Å²) in [6.45, 7) is 0.509. The molecule has 0 saturated carbocycles. The summed E-state index contributed by atoms with van der Waals surface area (Å²) in [5.41, 5.74) is 5.01. The molecule has 0 bridgehead atoms. The molecule has 3 N–H and O–H groups in total. The van der Waals surface area contributed by atoms with Gasteiger partial charge in [0.1, 0.15) is 12.5 Å². The lowest BCUT2D eigenvalue weighted by Crippen LogP contribution is -2.59. The third kappa shape index (κ3) is 3.37. The molecule has 16 heavy (non-hydrogen) atoms. The van der Waals surface area contributed by atoms with Crippen molar-refractivity contribution in [2.75, 3.05) is 19.6 Å². The van der Waals surface area contributed by atoms with Crippen molar-refractivity contribution in [1.29, 1.82) is 0 Å². The highest BCUT2D eigenvalue weighted by molar-refractivity contribution is 5.87. The zero-order valence-electron chi connectivity index (χ0n) is 8.38. The van der Waals surface area contributed by atoms with Crippen LogP contribution in [0.5, 0.6) is 0 Å². The number of piperazine rings is 1. The fraction of sp³-hybridized carbons (Fsp3) is 0.750. The Bertz CT molecular complexity index is 293. The van der Waals surface area contributed by atoms with E-state index in [0.717, 1.165) is 4.90 Å². The standard InChI is InChI=1S/C8H12F3N3O2/c9-8(10,11)3-6(15)14-2-1-13-4-5(14)7(12)16/h5,13H,1-4H2,(H2,12,16). The number of alkyl halides is 3. The number of nitrogens with zero attached hydrogens (tertiary/aromatic N) is 1. The Morgan fingerprint density at radius 3 is 2.56 bits per heavy atom. The van der Waals surface area contributed by atoms with Crippen molar-refractivity contribution in [2.24, 2.45) is 5.73 Å². The van der Waals surface area contributed by atoms with Crippen molar-refractivity contribution in [3.05, 3.63) is 0 Å². The SMILES string of the molecule is NC(=O)C1CNCCN1C(=O)CC(F)(F)F. The highest BCUT2D eigenvalue weighted by atomic mass is 19.4. The number of nitrogens with one attached hydrogen (secondary N) is 1. The predicted molar refractivity (Wildman–Crippen MR) is 48.2 cm³/mol. The van der Waals surface area contributed by atoms with Crippen LogP contribution in [0, 0.1) is 0 Å². The number of halogens is 3. The molecule has 0 spiro atoms. The molecule has 2 amide bonds. The van der Waals surface area contributed by atoms with Crippen LogP contribution in [0.3, 0.4) is 0 Å². The van der Waals surface area contributed by atoms with Crippen molar-refractivity contribution in [3.8, 4) is 0 Å². The zero-order valence-corrected chi connectivity index (χ0v) is 8.38. The maximum absolute atomic E-state index is 12.0. The van der Waals surface area contributed by atoms with Crippen LogP contribution >= 0.6 is 0 Å². The minimum atomic E-state index is -4.57. The molecule has 92 valence electrons. The second-order valence-corrected chi connectivity index (χ2v) is 3.50. The van der Waals surface area contributed by atoms with Gasteiger partial charge in [-0.1, -0.05) is 0 Å². The molecule has 0 aromatic carbocycles. The number of hydrogen-bond acceptors (Lipinski definition) is 3. The maximum Gasteiger partial charge on any atom is 0.397 e. The van der Waals surface area contributed by atoms with Gasteiger partial charge in [-0.3, -0.25) is 9.59 Å². The number of primary amides is 1. The van der Waals surface area contributed by atoms with Gasteiger partial charge in [0.2, 0.25) is 11.8 Å². The van der Waals surface area contributed by atoms with Crippen molar-refractivity contribution in [1.82, 2.24) is 10.2 Å². The molecule has 5 nitrogen and oxygen atoms in total. The fourth-order valence-electron chi connectivity index (χ4n) is 1.53. The quantitative estimate of drug-likeness (QED) is 0.664. The van der Waals surface area contributed by atoms with Crippen LogP contribution in [0.25, 0.3) is 0 Å². The molecule has 1 unspecified atom stereocenters. The normalized spacial score (nSPS) is 21.9. The van der Waals surface area contributed by atoms with E-state index in [1.807, 2.05) is 0 Å². The van der Waals surface area contributed by atoms with E-state index in [4.69, 9.17) is 5.73 Å². The lowest BCUT2D eigenvalue weighted by Gasteiger charge is -2.34. The third-order valence-corrected chi connectivity index (χ3v) is 2.24. The van der Waals surface area contributed by atoms with Crippen LogP contribution < -0.4 is 11.1 Å². The van der Waals surface area contributed by atoms with Gasteiger partial charge in [-0.2, -0.15) is 13.2 Å². The Morgan fingerprint density at radius 2 is 2.06 bits per heavy atom. The number of rotatable bonds is 2. The molecule has 1 saturated heterocycles. The molecule has 8 heteroatoms. The van der Waals surface area contributed by atoms with Gasteiger partial charge in [-0.15, -0.1) is 0 Å². The minimum absolute atomic E-state index is 0.0581. The van der Waals surface area contributed by atoms with Crippen molar-refractivity contribution >= 4 is 11.8 Å². The van der Waals surface area contributed by atoms with Crippen molar-refractivity contribution in [3.63, 3.8) is 0 Å². The summed E-state index contributed by atoms with van der Waals surface area (Å²) < 4.78 is 36.0. The predicted octanol–water partition coefficient (Wildman–Crippen LogP) is -0.776. The monoisotopic (exact) mass is 239 g/mol. The summed E-state index contributed by atoms with van der Waals surface area (Å²) in [5.74, 6) is -1.92. The Labute approximate surface area is 89.8 Å². The molecule has 0 radical (unpaired) electrons. The second-order valence-electron chi connectivity index (χ2n) is 3.50. The van der Waals surface area contributed by atoms with Gasteiger partial charge in [0.15, 0.2) is 0 Å². The van der Waals surface area contributed by atoms with Crippen LogP contribution in [0.1, 0.15) is 6.42 Å². The van der Waals surface area contributed by atoms with Crippen LogP contribution in [-0.4, -0.2) is 48.6 Å². The van der Waals surface area contributed by atoms with Gasteiger partial charge >= 0.3 is 6.18 Å². The number of nitrogens with two attached hydrogens (primary N) is 1. The van der Waals surface area contributed by atoms with Gasteiger partial charge < -0.3 is 16.0 Å². The number of hydrogen-bond donors (Lipinski definition) is 2. The molecular formula is C8H12F3N3O2. The fourth-order valence-corrected chi connectivity index (χ4v) is 1.53. The van der Waals surface area contributed by atoms with Crippen molar-refractivity contribution in [2.45, 2.75) is 18.6 Å². The lowest BCUT2D eigenvalue weighted by molar-refractivity contribution is -0.165. The summed E-state index contributed by atoms with van der Waals surface area (Å²) in [4.78, 5) is 23.1. The Morgan fingerprint density at radius 1 is 1.44 bits per heavy atom. The van der Waals surface area contributed by atoms with Crippen LogP contribution in [0.4, 0.5) is 13.2 Å². The van der Waals surface area contributed by atoms with Crippen LogP contribution in [0.15, 0.2) is 0 Å². The van der Waals surface area contributed by atoms with Gasteiger partial charge in [0.25, 0.3) is 0 Å². The van der Waals surface area contributed by atoms with Crippen LogP contribution in [-0.2, 0) is 9.59 Å². The average Bonchev–Trinajstić information content (AvgIpc) is 2.15. The van der Waals surface area contributed by atoms with E-state index in [9.17, 15) is 22.8 Å². The van der Waals surface area contributed by atoms with Crippen LogP contribution in [0.2, 0.25) is 0 Å². The highest BCUT2D eigenvalue weighted by Crippen LogP contribution is 2.21. The Balaban J connectivity index is 2.68. The number of carbonyl (C=O) groups excluding carboxylic acids is 2. The van der Waals surface area contributed by atoms with E-state index in [1.165, 1.54) is 0 Å². The number of amides is 2. The van der Waals surface area contributed by atoms with E-state index in [0.29, 0.717) is 6.54 Å². The first-order valence-corrected chi connectivity index (χ1v) is 4.67. The summed E-state index contributed by atoms with van der Waals surface area (Å²) in [6.07, 6.45) is -6.12. The molecule has 1 rings (SSSR count). The second kappa shape index (κ2) is 4.69. The van der Waals surface area contributed by atoms with E-state index >= 15 is 0 Å². The van der Waals surface area contributed by atoms with Crippen molar-refractivity contribution < 1.29 is 22.8 Å². The molecule has 1 aliphatic rings. The van der Waals surface area contributed by atoms with Gasteiger partial charge in [-0.05, 0) is 0 Å². The third-order valence-electron chi connectivity index (χ3n) is 2.24. The molecule has 0 aliphatic carbocycles. The number of carbonyl (C=O) groups is 2. The summed E-state index contributed by atoms with van der Waals surface area (Å²) in [5, 5.41) is 2.79. The van der Waals surface area contributed by atoms with E-state index in [2.05, 4.69) is 5.32 Å². The molecular weight excluding hydrogens is 227 g/mol. The highest BCUT2D eigenvalue weighted by Gasteiger charge is 2.37. The topological polar surface area (TPSA) is 75.4 Å². The molecule has 0 aromatic heterocycles. The first-order chi connectivity index (χ1) is 7.31. The molecule has 1 heterocycles. The maximum atomic E-state index is 12.0. The molecule has 1 atom stereocenters. The summed E-state index contributed by atoms with van der Waals surface area (Å²) in [6, 6.07) is -0.997. The minimum Gasteiger partial charge on any atom is -0.368 e. The molecule has 1 aliphatic heterocycles. The average molecular weight is 239 g/mol. The zero-order chi connectivity index (χ0) is 12.3. The Hall–Kier alpha value is -1.31. The molecule has 0 aromatic rings. The summed E-state index contributed by atoms with van der Waals surface area (Å²) in [7, 11) is 0. The van der Waals surface area contributed by atoms with E-state index in [1.54, 1.807) is 0 Å². The largest absolute Gasteiger partial charge is 0.397 e. The lowest BCUT2D eigenvalue weighted by atomic mass is 10.1. The van der Waals surface area contributed by atoms with Gasteiger partial charge in [0.05, 0.1) is 0 Å². The Kier molecular flexibility index (Phi) is 3.74. The van der Waals surface area contributed by atoms with Gasteiger partial charge in [0, 0.05) is 19.6 Å². The van der Waals surface area contributed by atoms with E-state index < -0.39 is 30.5 Å².